The summed E-state index contributed by atoms with van der Waals surface area (Å²) in [4.78, 5) is 21.4. The highest BCUT2D eigenvalue weighted by Gasteiger charge is 2.22. The maximum atomic E-state index is 11.1. The van der Waals surface area contributed by atoms with Crippen LogP contribution in [0.15, 0.2) is 0 Å². The van der Waals surface area contributed by atoms with Gasteiger partial charge in [0.15, 0.2) is 0 Å². The fourth-order valence-corrected chi connectivity index (χ4v) is 0.948. The summed E-state index contributed by atoms with van der Waals surface area (Å²) in [5, 5.41) is 10.8. The number of ether oxygens (including phenoxy) is 1. The molecule has 1 aliphatic carbocycles. The van der Waals surface area contributed by atoms with E-state index in [2.05, 4.69) is 5.32 Å². The van der Waals surface area contributed by atoms with Crippen LogP contribution in [0.3, 0.4) is 0 Å². The van der Waals surface area contributed by atoms with E-state index >= 15 is 0 Å². The van der Waals surface area contributed by atoms with Gasteiger partial charge in [-0.2, -0.15) is 0 Å². The number of carboxylic acid groups (broad SMARTS) is 1. The molecule has 80 valence electrons. The van der Waals surface area contributed by atoms with Crippen LogP contribution in [0.1, 0.15) is 19.8 Å². The molecule has 0 bridgehead atoms. The largest absolute Gasteiger partial charge is 0.480 e. The van der Waals surface area contributed by atoms with Crippen LogP contribution in [0, 0.1) is 5.92 Å². The van der Waals surface area contributed by atoms with E-state index < -0.39 is 12.0 Å². The van der Waals surface area contributed by atoms with Crippen molar-refractivity contribution in [3.63, 3.8) is 0 Å². The summed E-state index contributed by atoms with van der Waals surface area (Å²) >= 11 is 0. The van der Waals surface area contributed by atoms with Gasteiger partial charge in [-0.25, -0.2) is 0 Å². The lowest BCUT2D eigenvalue weighted by atomic mass is 10.3. The lowest BCUT2D eigenvalue weighted by molar-refractivity contribution is -0.142. The van der Waals surface area contributed by atoms with Crippen LogP contribution < -0.4 is 5.32 Å². The number of carbonyl (C=O) groups is 2. The van der Waals surface area contributed by atoms with Gasteiger partial charge < -0.3 is 15.2 Å². The second-order valence-electron chi connectivity index (χ2n) is 3.59. The zero-order valence-electron chi connectivity index (χ0n) is 8.16. The van der Waals surface area contributed by atoms with Crippen LogP contribution in [-0.2, 0) is 14.3 Å². The number of rotatable bonds is 6. The highest BCUT2D eigenvalue weighted by molar-refractivity contribution is 5.83. The first-order chi connectivity index (χ1) is 6.59. The maximum Gasteiger partial charge on any atom is 0.325 e. The summed E-state index contributed by atoms with van der Waals surface area (Å²) in [5.74, 6) is -0.805. The van der Waals surface area contributed by atoms with Gasteiger partial charge in [0.1, 0.15) is 12.6 Å². The Hall–Kier alpha value is -1.10. The Morgan fingerprint density at radius 3 is 2.71 bits per heavy atom. The standard InChI is InChI=1S/C9H15NO4/c1-6(9(12)13)10-8(11)5-14-4-7-2-3-7/h6-7H,2-5H2,1H3,(H,10,11)(H,12,13)/t6-/m0/s1. The van der Waals surface area contributed by atoms with E-state index in [0.717, 1.165) is 0 Å². The van der Waals surface area contributed by atoms with Crippen LogP contribution in [-0.4, -0.2) is 36.2 Å². The average molecular weight is 201 g/mol. The van der Waals surface area contributed by atoms with Gasteiger partial charge in [0.05, 0.1) is 6.61 Å². The number of hydrogen-bond acceptors (Lipinski definition) is 3. The molecule has 1 saturated carbocycles. The molecular formula is C9H15NO4. The van der Waals surface area contributed by atoms with Crippen LogP contribution in [0.25, 0.3) is 0 Å². The SMILES string of the molecule is C[C@H](NC(=O)COCC1CC1)C(=O)O. The van der Waals surface area contributed by atoms with Gasteiger partial charge in [0, 0.05) is 0 Å². The number of carboxylic acids is 1. The fourth-order valence-electron chi connectivity index (χ4n) is 0.948. The van der Waals surface area contributed by atoms with Gasteiger partial charge in [0.2, 0.25) is 5.91 Å². The van der Waals surface area contributed by atoms with E-state index in [1.807, 2.05) is 0 Å². The third kappa shape index (κ3) is 4.23. The second kappa shape index (κ2) is 4.95. The molecule has 0 aromatic heterocycles. The third-order valence-corrected chi connectivity index (χ3v) is 2.03. The minimum absolute atomic E-state index is 0.0475. The van der Waals surface area contributed by atoms with Crippen molar-refractivity contribution in [3.05, 3.63) is 0 Å². The lowest BCUT2D eigenvalue weighted by Crippen LogP contribution is -2.40. The van der Waals surface area contributed by atoms with E-state index in [4.69, 9.17) is 9.84 Å². The third-order valence-electron chi connectivity index (χ3n) is 2.03. The Labute approximate surface area is 82.4 Å². The summed E-state index contributed by atoms with van der Waals surface area (Å²) in [6.07, 6.45) is 2.35. The number of aliphatic carboxylic acids is 1. The lowest BCUT2D eigenvalue weighted by Gasteiger charge is -2.09. The van der Waals surface area contributed by atoms with Gasteiger partial charge in [-0.1, -0.05) is 0 Å². The van der Waals surface area contributed by atoms with Crippen LogP contribution in [0.5, 0.6) is 0 Å². The van der Waals surface area contributed by atoms with E-state index in [-0.39, 0.29) is 12.5 Å². The highest BCUT2D eigenvalue weighted by Crippen LogP contribution is 2.28. The van der Waals surface area contributed by atoms with Crippen molar-refractivity contribution in [2.75, 3.05) is 13.2 Å². The summed E-state index contributed by atoms with van der Waals surface area (Å²) < 4.78 is 5.10. The molecule has 1 amide bonds. The van der Waals surface area contributed by atoms with E-state index in [1.165, 1.54) is 19.8 Å². The maximum absolute atomic E-state index is 11.1. The summed E-state index contributed by atoms with van der Waals surface area (Å²) in [6.45, 7) is 1.98. The minimum atomic E-state index is -1.04. The molecule has 2 N–H and O–H groups in total. The normalized spacial score (nSPS) is 17.5. The Kier molecular flexibility index (Phi) is 3.88. The number of hydrogen-bond donors (Lipinski definition) is 2. The first kappa shape index (κ1) is 11.0. The van der Waals surface area contributed by atoms with Crippen molar-refractivity contribution in [2.24, 2.45) is 5.92 Å². The van der Waals surface area contributed by atoms with Crippen LogP contribution in [0.4, 0.5) is 0 Å². The Balaban J connectivity index is 2.05. The van der Waals surface area contributed by atoms with Gasteiger partial charge in [-0.15, -0.1) is 0 Å². The van der Waals surface area contributed by atoms with Crippen molar-refractivity contribution in [1.29, 1.82) is 0 Å². The first-order valence-corrected chi connectivity index (χ1v) is 4.69. The molecule has 5 nitrogen and oxygen atoms in total. The summed E-state index contributed by atoms with van der Waals surface area (Å²) in [7, 11) is 0. The minimum Gasteiger partial charge on any atom is -0.480 e. The molecule has 1 rings (SSSR count). The predicted octanol–water partition coefficient (Wildman–Crippen LogP) is 0.00230. The van der Waals surface area contributed by atoms with E-state index in [0.29, 0.717) is 12.5 Å². The van der Waals surface area contributed by atoms with Crippen molar-refractivity contribution >= 4 is 11.9 Å². The van der Waals surface area contributed by atoms with Crippen molar-refractivity contribution in [3.8, 4) is 0 Å². The molecule has 14 heavy (non-hydrogen) atoms. The molecule has 0 aromatic carbocycles. The molecule has 0 radical (unpaired) electrons. The fraction of sp³-hybridized carbons (Fsp3) is 0.778. The number of carbonyl (C=O) groups excluding carboxylic acids is 1. The average Bonchev–Trinajstić information content (AvgIpc) is 2.87. The summed E-state index contributed by atoms with van der Waals surface area (Å²) in [5.41, 5.74) is 0. The predicted molar refractivity (Wildman–Crippen MR) is 48.8 cm³/mol. The first-order valence-electron chi connectivity index (χ1n) is 4.69. The molecular weight excluding hydrogens is 186 g/mol. The molecule has 0 saturated heterocycles. The Morgan fingerprint density at radius 2 is 2.21 bits per heavy atom. The molecule has 1 atom stereocenters. The molecule has 5 heteroatoms. The van der Waals surface area contributed by atoms with Crippen molar-refractivity contribution in [2.45, 2.75) is 25.8 Å². The van der Waals surface area contributed by atoms with E-state index in [1.54, 1.807) is 0 Å². The Bertz CT molecular complexity index is 225. The quantitative estimate of drug-likeness (QED) is 0.634. The monoisotopic (exact) mass is 201 g/mol. The van der Waals surface area contributed by atoms with E-state index in [9.17, 15) is 9.59 Å². The summed E-state index contributed by atoms with van der Waals surface area (Å²) in [6, 6.07) is -0.855. The van der Waals surface area contributed by atoms with Crippen LogP contribution >= 0.6 is 0 Å². The zero-order chi connectivity index (χ0) is 10.6. The van der Waals surface area contributed by atoms with Crippen molar-refractivity contribution < 1.29 is 19.4 Å². The molecule has 0 aromatic rings. The smallest absolute Gasteiger partial charge is 0.325 e. The molecule has 1 fully saturated rings. The van der Waals surface area contributed by atoms with Gasteiger partial charge in [-0.05, 0) is 25.7 Å². The second-order valence-corrected chi connectivity index (χ2v) is 3.59. The van der Waals surface area contributed by atoms with Gasteiger partial charge in [-0.3, -0.25) is 9.59 Å². The Morgan fingerprint density at radius 1 is 1.57 bits per heavy atom. The van der Waals surface area contributed by atoms with Gasteiger partial charge >= 0.3 is 5.97 Å². The molecule has 0 heterocycles. The molecule has 1 aliphatic rings. The van der Waals surface area contributed by atoms with Crippen LogP contribution in [0.2, 0.25) is 0 Å². The topological polar surface area (TPSA) is 75.6 Å². The molecule has 0 aliphatic heterocycles. The number of nitrogens with one attached hydrogen (secondary N) is 1. The van der Waals surface area contributed by atoms with Crippen molar-refractivity contribution in [1.82, 2.24) is 5.32 Å². The highest BCUT2D eigenvalue weighted by atomic mass is 16.5. The van der Waals surface area contributed by atoms with Gasteiger partial charge in [0.25, 0.3) is 0 Å². The number of amides is 1. The zero-order valence-corrected chi connectivity index (χ0v) is 8.16. The molecule has 0 spiro atoms. The molecule has 0 unspecified atom stereocenters.